The van der Waals surface area contributed by atoms with Crippen LogP contribution in [0.25, 0.3) is 11.1 Å². The van der Waals surface area contributed by atoms with E-state index in [0.717, 1.165) is 21.9 Å². The molecule has 80 valence electrons. The Labute approximate surface area is 107 Å². The summed E-state index contributed by atoms with van der Waals surface area (Å²) in [5.74, 6) is 0. The van der Waals surface area contributed by atoms with E-state index in [1.807, 2.05) is 30.3 Å². The molecule has 0 atom stereocenters. The first-order valence-corrected chi connectivity index (χ1v) is 5.88. The van der Waals surface area contributed by atoms with Crippen molar-refractivity contribution in [2.45, 2.75) is 0 Å². The Hall–Kier alpha value is -1.12. The summed E-state index contributed by atoms with van der Waals surface area (Å²) >= 11 is 9.39. The van der Waals surface area contributed by atoms with Crippen molar-refractivity contribution in [2.75, 3.05) is 0 Å². The normalized spacial score (nSPS) is 10.1. The smallest absolute Gasteiger partial charge is 0.151 e. The van der Waals surface area contributed by atoms with Gasteiger partial charge in [-0.05, 0) is 35.4 Å². The molecule has 0 N–H and O–H groups in total. The highest BCUT2D eigenvalue weighted by Gasteiger charge is 2.03. The first-order valence-electron chi connectivity index (χ1n) is 4.71. The summed E-state index contributed by atoms with van der Waals surface area (Å²) in [5.41, 5.74) is 2.58. The number of hydrogen-bond donors (Lipinski definition) is 0. The molecule has 3 heteroatoms. The molecule has 0 aromatic heterocycles. The molecule has 0 spiro atoms. The lowest BCUT2D eigenvalue weighted by molar-refractivity contribution is 0.112. The van der Waals surface area contributed by atoms with Gasteiger partial charge in [0.05, 0.1) is 5.02 Å². The summed E-state index contributed by atoms with van der Waals surface area (Å²) in [6, 6.07) is 13.3. The van der Waals surface area contributed by atoms with Gasteiger partial charge in [-0.25, -0.2) is 0 Å². The predicted octanol–water partition coefficient (Wildman–Crippen LogP) is 4.58. The molecule has 2 aromatic carbocycles. The lowest BCUT2D eigenvalue weighted by Gasteiger charge is -2.04. The third-order valence-corrected chi connectivity index (χ3v) is 3.11. The van der Waals surface area contributed by atoms with E-state index < -0.39 is 0 Å². The molecule has 0 bridgehead atoms. The van der Waals surface area contributed by atoms with Crippen LogP contribution < -0.4 is 0 Å². The van der Waals surface area contributed by atoms with Gasteiger partial charge in [0, 0.05) is 10.0 Å². The Kier molecular flexibility index (Phi) is 3.42. The van der Waals surface area contributed by atoms with Crippen molar-refractivity contribution < 1.29 is 4.79 Å². The van der Waals surface area contributed by atoms with Gasteiger partial charge in [-0.3, -0.25) is 4.79 Å². The lowest BCUT2D eigenvalue weighted by atomic mass is 10.0. The van der Waals surface area contributed by atoms with Gasteiger partial charge >= 0.3 is 0 Å². The molecule has 2 rings (SSSR count). The Morgan fingerprint density at radius 3 is 2.44 bits per heavy atom. The predicted molar refractivity (Wildman–Crippen MR) is 70.0 cm³/mol. The zero-order valence-corrected chi connectivity index (χ0v) is 10.6. The summed E-state index contributed by atoms with van der Waals surface area (Å²) < 4.78 is 1.01. The number of rotatable bonds is 2. The molecule has 0 radical (unpaired) electrons. The molecule has 1 nitrogen and oxygen atoms in total. The van der Waals surface area contributed by atoms with Crippen LogP contribution in [-0.2, 0) is 0 Å². The first-order chi connectivity index (χ1) is 7.70. The van der Waals surface area contributed by atoms with E-state index in [2.05, 4.69) is 15.9 Å². The minimum atomic E-state index is 0.479. The van der Waals surface area contributed by atoms with Crippen molar-refractivity contribution in [3.63, 3.8) is 0 Å². The summed E-state index contributed by atoms with van der Waals surface area (Å²) in [5, 5.41) is 0.479. The minimum Gasteiger partial charge on any atom is -0.298 e. The molecule has 0 fully saturated rings. The van der Waals surface area contributed by atoms with Crippen molar-refractivity contribution in [2.24, 2.45) is 0 Å². The fourth-order valence-electron chi connectivity index (χ4n) is 1.47. The standard InChI is InChI=1S/C13H8BrClO/c14-12-3-1-2-9(6-12)10-4-5-11(8-16)13(15)7-10/h1-8H. The van der Waals surface area contributed by atoms with Crippen molar-refractivity contribution in [1.29, 1.82) is 0 Å². The van der Waals surface area contributed by atoms with Crippen LogP contribution >= 0.6 is 27.5 Å². The lowest BCUT2D eigenvalue weighted by Crippen LogP contribution is -1.84. The second kappa shape index (κ2) is 4.81. The monoisotopic (exact) mass is 294 g/mol. The Morgan fingerprint density at radius 2 is 1.81 bits per heavy atom. The van der Waals surface area contributed by atoms with Crippen molar-refractivity contribution in [3.8, 4) is 11.1 Å². The summed E-state index contributed by atoms with van der Waals surface area (Å²) in [6.45, 7) is 0. The average Bonchev–Trinajstić information content (AvgIpc) is 2.29. The van der Waals surface area contributed by atoms with E-state index >= 15 is 0 Å². The number of aldehydes is 1. The zero-order chi connectivity index (χ0) is 11.5. The van der Waals surface area contributed by atoms with Crippen LogP contribution in [-0.4, -0.2) is 6.29 Å². The molecule has 0 unspecified atom stereocenters. The second-order valence-electron chi connectivity index (χ2n) is 3.36. The van der Waals surface area contributed by atoms with E-state index in [4.69, 9.17) is 11.6 Å². The van der Waals surface area contributed by atoms with Crippen molar-refractivity contribution in [1.82, 2.24) is 0 Å². The van der Waals surface area contributed by atoms with Crippen LogP contribution in [0.4, 0.5) is 0 Å². The van der Waals surface area contributed by atoms with Gasteiger partial charge < -0.3 is 0 Å². The molecule has 0 amide bonds. The zero-order valence-electron chi connectivity index (χ0n) is 8.28. The molecule has 0 aliphatic carbocycles. The Bertz CT molecular complexity index is 537. The number of benzene rings is 2. The molecule has 2 aromatic rings. The van der Waals surface area contributed by atoms with Gasteiger partial charge in [-0.2, -0.15) is 0 Å². The second-order valence-corrected chi connectivity index (χ2v) is 4.69. The molecule has 0 aliphatic heterocycles. The fraction of sp³-hybridized carbons (Fsp3) is 0. The van der Waals surface area contributed by atoms with E-state index in [1.54, 1.807) is 12.1 Å². The molecule has 0 aliphatic rings. The van der Waals surface area contributed by atoms with Gasteiger partial charge in [0.2, 0.25) is 0 Å². The summed E-state index contributed by atoms with van der Waals surface area (Å²) in [4.78, 5) is 10.6. The highest BCUT2D eigenvalue weighted by atomic mass is 79.9. The first kappa shape index (κ1) is 11.4. The highest BCUT2D eigenvalue weighted by Crippen LogP contribution is 2.26. The van der Waals surface area contributed by atoms with Gasteiger partial charge in [0.15, 0.2) is 6.29 Å². The topological polar surface area (TPSA) is 17.1 Å². The van der Waals surface area contributed by atoms with Crippen LogP contribution in [0, 0.1) is 0 Å². The van der Waals surface area contributed by atoms with Gasteiger partial charge in [-0.15, -0.1) is 0 Å². The maximum absolute atomic E-state index is 10.6. The average molecular weight is 296 g/mol. The van der Waals surface area contributed by atoms with Crippen molar-refractivity contribution in [3.05, 3.63) is 57.5 Å². The van der Waals surface area contributed by atoms with E-state index in [9.17, 15) is 4.79 Å². The SMILES string of the molecule is O=Cc1ccc(-c2cccc(Br)c2)cc1Cl. The summed E-state index contributed by atoms with van der Waals surface area (Å²) in [6.07, 6.45) is 0.757. The molecule has 0 saturated carbocycles. The quantitative estimate of drug-likeness (QED) is 0.741. The van der Waals surface area contributed by atoms with Crippen LogP contribution in [0.15, 0.2) is 46.9 Å². The van der Waals surface area contributed by atoms with E-state index in [0.29, 0.717) is 10.6 Å². The molecular weight excluding hydrogens is 287 g/mol. The maximum atomic E-state index is 10.6. The molecule has 0 saturated heterocycles. The third-order valence-electron chi connectivity index (χ3n) is 2.29. The van der Waals surface area contributed by atoms with Crippen LogP contribution in [0.2, 0.25) is 5.02 Å². The molecular formula is C13H8BrClO. The Morgan fingerprint density at radius 1 is 1.06 bits per heavy atom. The van der Waals surface area contributed by atoms with E-state index in [1.165, 1.54) is 0 Å². The van der Waals surface area contributed by atoms with Gasteiger partial charge in [-0.1, -0.05) is 45.7 Å². The summed E-state index contributed by atoms with van der Waals surface area (Å²) in [7, 11) is 0. The number of hydrogen-bond acceptors (Lipinski definition) is 1. The van der Waals surface area contributed by atoms with Crippen LogP contribution in [0.3, 0.4) is 0 Å². The third kappa shape index (κ3) is 2.34. The number of carbonyl (C=O) groups excluding carboxylic acids is 1. The number of carbonyl (C=O) groups is 1. The maximum Gasteiger partial charge on any atom is 0.151 e. The largest absolute Gasteiger partial charge is 0.298 e. The minimum absolute atomic E-state index is 0.479. The van der Waals surface area contributed by atoms with E-state index in [-0.39, 0.29) is 0 Å². The van der Waals surface area contributed by atoms with Gasteiger partial charge in [0.1, 0.15) is 0 Å². The molecule has 16 heavy (non-hydrogen) atoms. The van der Waals surface area contributed by atoms with Crippen molar-refractivity contribution >= 4 is 33.8 Å². The highest BCUT2D eigenvalue weighted by molar-refractivity contribution is 9.10. The van der Waals surface area contributed by atoms with Crippen LogP contribution in [0.1, 0.15) is 10.4 Å². The molecule has 0 heterocycles. The van der Waals surface area contributed by atoms with Gasteiger partial charge in [0.25, 0.3) is 0 Å². The number of halogens is 2. The van der Waals surface area contributed by atoms with Crippen LogP contribution in [0.5, 0.6) is 0 Å². The Balaban J connectivity index is 2.49. The fourth-order valence-corrected chi connectivity index (χ4v) is 2.09.